The van der Waals surface area contributed by atoms with E-state index in [0.29, 0.717) is 16.5 Å². The molecule has 0 aliphatic carbocycles. The Balaban J connectivity index is 2.22. The zero-order valence-corrected chi connectivity index (χ0v) is 12.2. The van der Waals surface area contributed by atoms with Gasteiger partial charge >= 0.3 is 0 Å². The SMILES string of the molecule is CCOC1CCN(c2sc(C#N)c(N)c2C(N)=O)CC1. The Labute approximate surface area is 121 Å². The quantitative estimate of drug-likeness (QED) is 0.871. The molecule has 4 N–H and O–H groups in total. The minimum Gasteiger partial charge on any atom is -0.396 e. The van der Waals surface area contributed by atoms with Gasteiger partial charge < -0.3 is 21.1 Å². The molecule has 6 nitrogen and oxygen atoms in total. The Hall–Kier alpha value is -1.78. The van der Waals surface area contributed by atoms with E-state index in [4.69, 9.17) is 21.5 Å². The van der Waals surface area contributed by atoms with E-state index < -0.39 is 5.91 Å². The molecule has 1 aromatic heterocycles. The van der Waals surface area contributed by atoms with Gasteiger partial charge in [-0.25, -0.2) is 0 Å². The van der Waals surface area contributed by atoms with E-state index in [9.17, 15) is 4.79 Å². The lowest BCUT2D eigenvalue weighted by molar-refractivity contribution is 0.0460. The number of nitrogens with two attached hydrogens (primary N) is 2. The maximum atomic E-state index is 11.6. The number of anilines is 2. The average molecular weight is 294 g/mol. The van der Waals surface area contributed by atoms with Crippen molar-refractivity contribution in [3.8, 4) is 6.07 Å². The summed E-state index contributed by atoms with van der Waals surface area (Å²) in [4.78, 5) is 14.0. The maximum Gasteiger partial charge on any atom is 0.253 e. The number of amides is 1. The minimum atomic E-state index is -0.581. The molecule has 1 aromatic rings. The van der Waals surface area contributed by atoms with Gasteiger partial charge in [-0.15, -0.1) is 11.3 Å². The fourth-order valence-electron chi connectivity index (χ4n) is 2.44. The Bertz CT molecular complexity index is 541. The number of rotatable bonds is 4. The van der Waals surface area contributed by atoms with Crippen LogP contribution in [0.25, 0.3) is 0 Å². The molecule has 0 aromatic carbocycles. The van der Waals surface area contributed by atoms with E-state index >= 15 is 0 Å². The Morgan fingerprint density at radius 2 is 2.20 bits per heavy atom. The highest BCUT2D eigenvalue weighted by Crippen LogP contribution is 2.38. The van der Waals surface area contributed by atoms with Crippen molar-refractivity contribution in [1.82, 2.24) is 0 Å². The molecule has 1 aliphatic rings. The highest BCUT2D eigenvalue weighted by molar-refractivity contribution is 7.17. The number of primary amides is 1. The van der Waals surface area contributed by atoms with E-state index in [-0.39, 0.29) is 17.4 Å². The topological polar surface area (TPSA) is 105 Å². The molecule has 0 saturated carbocycles. The first-order valence-corrected chi connectivity index (χ1v) is 7.38. The van der Waals surface area contributed by atoms with Crippen molar-refractivity contribution < 1.29 is 9.53 Å². The van der Waals surface area contributed by atoms with Crippen LogP contribution in [-0.4, -0.2) is 31.7 Å². The molecule has 1 amide bonds. The highest BCUT2D eigenvalue weighted by Gasteiger charge is 2.27. The highest BCUT2D eigenvalue weighted by atomic mass is 32.1. The molecule has 1 fully saturated rings. The Morgan fingerprint density at radius 3 is 2.70 bits per heavy atom. The normalized spacial score (nSPS) is 16.1. The minimum absolute atomic E-state index is 0.201. The van der Waals surface area contributed by atoms with Gasteiger partial charge in [0.2, 0.25) is 0 Å². The number of nitrogen functional groups attached to an aromatic ring is 1. The number of nitrogens with zero attached hydrogens (tertiary/aromatic N) is 2. The van der Waals surface area contributed by atoms with Gasteiger partial charge in [0.15, 0.2) is 0 Å². The number of hydrogen-bond donors (Lipinski definition) is 2. The second-order valence-electron chi connectivity index (χ2n) is 4.64. The van der Waals surface area contributed by atoms with Gasteiger partial charge in [0, 0.05) is 19.7 Å². The van der Waals surface area contributed by atoms with Gasteiger partial charge in [0.25, 0.3) is 5.91 Å². The largest absolute Gasteiger partial charge is 0.396 e. The summed E-state index contributed by atoms with van der Waals surface area (Å²) in [5.41, 5.74) is 11.7. The molecule has 0 radical (unpaired) electrons. The monoisotopic (exact) mass is 294 g/mol. The van der Waals surface area contributed by atoms with E-state index in [1.807, 2.05) is 13.0 Å². The predicted molar refractivity (Wildman–Crippen MR) is 78.8 cm³/mol. The fourth-order valence-corrected chi connectivity index (χ4v) is 3.51. The van der Waals surface area contributed by atoms with Crippen LogP contribution in [0, 0.1) is 11.3 Å². The molecule has 1 aliphatic heterocycles. The molecule has 1 saturated heterocycles. The summed E-state index contributed by atoms with van der Waals surface area (Å²) in [6, 6.07) is 2.01. The van der Waals surface area contributed by atoms with Gasteiger partial charge in [-0.1, -0.05) is 0 Å². The molecular weight excluding hydrogens is 276 g/mol. The van der Waals surface area contributed by atoms with Crippen molar-refractivity contribution >= 4 is 27.9 Å². The fraction of sp³-hybridized carbons (Fsp3) is 0.538. The standard InChI is InChI=1S/C13H18N4O2S/c1-2-19-8-3-5-17(6-4-8)13-10(12(16)18)11(15)9(7-14)20-13/h8H,2-6,15H2,1H3,(H2,16,18). The molecular formula is C13H18N4O2S. The zero-order chi connectivity index (χ0) is 14.7. The van der Waals surface area contributed by atoms with Crippen molar-refractivity contribution in [2.75, 3.05) is 30.3 Å². The number of carbonyl (C=O) groups excluding carboxylic acids is 1. The number of hydrogen-bond acceptors (Lipinski definition) is 6. The van der Waals surface area contributed by atoms with Crippen LogP contribution in [0.3, 0.4) is 0 Å². The van der Waals surface area contributed by atoms with Crippen LogP contribution in [0.4, 0.5) is 10.7 Å². The number of piperidine rings is 1. The van der Waals surface area contributed by atoms with Gasteiger partial charge in [-0.2, -0.15) is 5.26 Å². The number of thiophene rings is 1. The second-order valence-corrected chi connectivity index (χ2v) is 5.64. The van der Waals surface area contributed by atoms with E-state index in [2.05, 4.69) is 4.90 Å². The van der Waals surface area contributed by atoms with Crippen molar-refractivity contribution in [2.24, 2.45) is 5.73 Å². The summed E-state index contributed by atoms with van der Waals surface area (Å²) in [7, 11) is 0. The van der Waals surface area contributed by atoms with Gasteiger partial charge in [0.1, 0.15) is 15.9 Å². The van der Waals surface area contributed by atoms with Crippen LogP contribution in [-0.2, 0) is 4.74 Å². The summed E-state index contributed by atoms with van der Waals surface area (Å²) in [6.07, 6.45) is 2.05. The van der Waals surface area contributed by atoms with E-state index in [1.54, 1.807) is 0 Å². The Morgan fingerprint density at radius 1 is 1.55 bits per heavy atom. The van der Waals surface area contributed by atoms with Crippen LogP contribution in [0.1, 0.15) is 35.0 Å². The van der Waals surface area contributed by atoms with Crippen molar-refractivity contribution in [3.63, 3.8) is 0 Å². The third kappa shape index (κ3) is 2.71. The summed E-state index contributed by atoms with van der Waals surface area (Å²) in [5, 5.41) is 9.75. The third-order valence-electron chi connectivity index (χ3n) is 3.41. The molecule has 0 spiro atoms. The first-order valence-electron chi connectivity index (χ1n) is 6.57. The molecule has 0 bridgehead atoms. The molecule has 0 atom stereocenters. The van der Waals surface area contributed by atoms with E-state index in [1.165, 1.54) is 11.3 Å². The second kappa shape index (κ2) is 6.11. The number of carbonyl (C=O) groups is 1. The average Bonchev–Trinajstić information content (AvgIpc) is 2.77. The van der Waals surface area contributed by atoms with Gasteiger partial charge in [-0.05, 0) is 19.8 Å². The van der Waals surface area contributed by atoms with E-state index in [0.717, 1.165) is 25.9 Å². The van der Waals surface area contributed by atoms with Crippen LogP contribution in [0.2, 0.25) is 0 Å². The maximum absolute atomic E-state index is 11.6. The molecule has 7 heteroatoms. The van der Waals surface area contributed by atoms with Gasteiger partial charge in [-0.3, -0.25) is 4.79 Å². The summed E-state index contributed by atoms with van der Waals surface area (Å²) in [6.45, 7) is 4.24. The molecule has 108 valence electrons. The molecule has 20 heavy (non-hydrogen) atoms. The number of nitriles is 1. The zero-order valence-electron chi connectivity index (χ0n) is 11.4. The van der Waals surface area contributed by atoms with Gasteiger partial charge in [0.05, 0.1) is 17.4 Å². The van der Waals surface area contributed by atoms with Crippen LogP contribution in [0.15, 0.2) is 0 Å². The summed E-state index contributed by atoms with van der Waals surface area (Å²) in [5.74, 6) is -0.581. The summed E-state index contributed by atoms with van der Waals surface area (Å²) >= 11 is 1.23. The molecule has 0 unspecified atom stereocenters. The van der Waals surface area contributed by atoms with Crippen LogP contribution < -0.4 is 16.4 Å². The predicted octanol–water partition coefficient (Wildman–Crippen LogP) is 1.31. The van der Waals surface area contributed by atoms with Crippen LogP contribution in [0.5, 0.6) is 0 Å². The first-order chi connectivity index (χ1) is 9.58. The Kier molecular flexibility index (Phi) is 4.47. The van der Waals surface area contributed by atoms with Crippen molar-refractivity contribution in [3.05, 3.63) is 10.4 Å². The lowest BCUT2D eigenvalue weighted by Gasteiger charge is -2.32. The molecule has 2 rings (SSSR count). The number of ether oxygens (including phenoxy) is 1. The lowest BCUT2D eigenvalue weighted by atomic mass is 10.1. The van der Waals surface area contributed by atoms with Crippen LogP contribution >= 0.6 is 11.3 Å². The lowest BCUT2D eigenvalue weighted by Crippen LogP contribution is -2.37. The third-order valence-corrected chi connectivity index (χ3v) is 4.58. The van der Waals surface area contributed by atoms with Crippen molar-refractivity contribution in [1.29, 1.82) is 5.26 Å². The molecule has 2 heterocycles. The first kappa shape index (κ1) is 14.6. The van der Waals surface area contributed by atoms with Crippen molar-refractivity contribution in [2.45, 2.75) is 25.9 Å². The summed E-state index contributed by atoms with van der Waals surface area (Å²) < 4.78 is 5.60. The smallest absolute Gasteiger partial charge is 0.253 e.